The minimum atomic E-state index is -0.371. The number of ether oxygens (including phenoxy) is 1. The van der Waals surface area contributed by atoms with Gasteiger partial charge < -0.3 is 14.6 Å². The first-order valence-corrected chi connectivity index (χ1v) is 10.4. The molecule has 5 rings (SSSR count). The molecule has 0 unspecified atom stereocenters. The lowest BCUT2D eigenvalue weighted by atomic mass is 9.91. The van der Waals surface area contributed by atoms with E-state index in [9.17, 15) is 9.18 Å². The van der Waals surface area contributed by atoms with Crippen molar-refractivity contribution < 1.29 is 13.9 Å². The van der Waals surface area contributed by atoms with Crippen molar-refractivity contribution >= 4 is 17.0 Å². The highest BCUT2D eigenvalue weighted by Gasteiger charge is 2.46. The van der Waals surface area contributed by atoms with E-state index in [4.69, 9.17) is 4.74 Å². The fourth-order valence-electron chi connectivity index (χ4n) is 4.60. The normalized spacial score (nSPS) is 19.0. The number of nitrogens with zero attached hydrogens (tertiary/aromatic N) is 3. The summed E-state index contributed by atoms with van der Waals surface area (Å²) >= 11 is 0. The van der Waals surface area contributed by atoms with Crippen LogP contribution in [0, 0.1) is 5.82 Å². The van der Waals surface area contributed by atoms with Crippen molar-refractivity contribution in [3.8, 4) is 0 Å². The molecular formula is C23H25FN4O2. The Bertz CT molecular complexity index is 1040. The van der Waals surface area contributed by atoms with Gasteiger partial charge in [0.1, 0.15) is 11.4 Å². The van der Waals surface area contributed by atoms with Crippen LogP contribution in [0.2, 0.25) is 0 Å². The van der Waals surface area contributed by atoms with Gasteiger partial charge in [-0.1, -0.05) is 0 Å². The lowest BCUT2D eigenvalue weighted by Gasteiger charge is -2.37. The zero-order valence-corrected chi connectivity index (χ0v) is 16.8. The first-order chi connectivity index (χ1) is 14.6. The molecule has 1 spiro atoms. The van der Waals surface area contributed by atoms with Gasteiger partial charge in [0.05, 0.1) is 6.54 Å². The summed E-state index contributed by atoms with van der Waals surface area (Å²) in [5.74, 6) is -0.206. The van der Waals surface area contributed by atoms with Gasteiger partial charge in [0, 0.05) is 68.5 Å². The molecule has 1 amide bonds. The average Bonchev–Trinajstić information content (AvgIpc) is 3.29. The van der Waals surface area contributed by atoms with E-state index in [1.807, 2.05) is 18.3 Å². The third kappa shape index (κ3) is 3.77. The predicted octanol–water partition coefficient (Wildman–Crippen LogP) is 3.73. The number of benzene rings is 1. The van der Waals surface area contributed by atoms with Crippen LogP contribution in [0.25, 0.3) is 10.9 Å². The van der Waals surface area contributed by atoms with Gasteiger partial charge in [-0.05, 0) is 47.9 Å². The Morgan fingerprint density at radius 3 is 2.77 bits per heavy atom. The molecule has 7 heteroatoms. The molecule has 2 saturated heterocycles. The van der Waals surface area contributed by atoms with Crippen LogP contribution in [0.3, 0.4) is 0 Å². The fourth-order valence-corrected chi connectivity index (χ4v) is 4.60. The molecule has 2 aliphatic rings. The molecule has 6 nitrogen and oxygen atoms in total. The zero-order chi connectivity index (χ0) is 20.6. The van der Waals surface area contributed by atoms with Gasteiger partial charge in [0.2, 0.25) is 0 Å². The number of H-pyrrole nitrogens is 1. The summed E-state index contributed by atoms with van der Waals surface area (Å²) in [7, 11) is 0. The van der Waals surface area contributed by atoms with Crippen molar-refractivity contribution in [1.82, 2.24) is 19.8 Å². The molecule has 1 N–H and O–H groups in total. The second-order valence-electron chi connectivity index (χ2n) is 8.36. The standard InChI is InChI=1S/C23H25FN4O2/c24-19-1-2-21-20(13-19)18(14-26-21)5-10-27-11-6-23(7-12-27)16-28(22(29)30-23)15-17-3-8-25-9-4-17/h1-4,8-9,13-14,26H,5-7,10-12,15-16H2. The van der Waals surface area contributed by atoms with Gasteiger partial charge in [-0.25, -0.2) is 9.18 Å². The van der Waals surface area contributed by atoms with Crippen LogP contribution in [0.1, 0.15) is 24.0 Å². The number of pyridine rings is 1. The van der Waals surface area contributed by atoms with Crippen molar-refractivity contribution in [3.05, 3.63) is 65.9 Å². The molecular weight excluding hydrogens is 383 g/mol. The van der Waals surface area contributed by atoms with Crippen molar-refractivity contribution in [2.75, 3.05) is 26.2 Å². The van der Waals surface area contributed by atoms with Crippen LogP contribution < -0.4 is 0 Å². The van der Waals surface area contributed by atoms with E-state index in [0.717, 1.165) is 60.9 Å². The van der Waals surface area contributed by atoms with Gasteiger partial charge in [-0.2, -0.15) is 0 Å². The van der Waals surface area contributed by atoms with E-state index in [1.165, 1.54) is 6.07 Å². The summed E-state index contributed by atoms with van der Waals surface area (Å²) in [6.45, 7) is 3.90. The zero-order valence-electron chi connectivity index (χ0n) is 16.8. The second-order valence-corrected chi connectivity index (χ2v) is 8.36. The molecule has 1 aromatic carbocycles. The van der Waals surface area contributed by atoms with E-state index < -0.39 is 0 Å². The Hall–Kier alpha value is -2.93. The minimum absolute atomic E-state index is 0.206. The number of carbonyl (C=O) groups excluding carboxylic acids is 1. The molecule has 156 valence electrons. The Balaban J connectivity index is 1.16. The number of piperidine rings is 1. The molecule has 2 aliphatic heterocycles. The third-order valence-corrected chi connectivity index (χ3v) is 6.36. The second kappa shape index (κ2) is 7.72. The quantitative estimate of drug-likeness (QED) is 0.699. The van der Waals surface area contributed by atoms with E-state index in [-0.39, 0.29) is 17.5 Å². The molecule has 2 fully saturated rings. The Morgan fingerprint density at radius 2 is 1.97 bits per heavy atom. The molecule has 0 radical (unpaired) electrons. The number of aromatic amines is 1. The molecule has 0 aliphatic carbocycles. The predicted molar refractivity (Wildman–Crippen MR) is 111 cm³/mol. The molecule has 4 heterocycles. The SMILES string of the molecule is O=C1OC2(CCN(CCc3c[nH]c4ccc(F)cc34)CC2)CN1Cc1ccncc1. The largest absolute Gasteiger partial charge is 0.441 e. The summed E-state index contributed by atoms with van der Waals surface area (Å²) in [6, 6.07) is 8.72. The van der Waals surface area contributed by atoms with Crippen molar-refractivity contribution in [3.63, 3.8) is 0 Å². The van der Waals surface area contributed by atoms with E-state index in [0.29, 0.717) is 13.1 Å². The van der Waals surface area contributed by atoms with Gasteiger partial charge >= 0.3 is 6.09 Å². The first-order valence-electron chi connectivity index (χ1n) is 10.4. The summed E-state index contributed by atoms with van der Waals surface area (Å²) < 4.78 is 19.4. The number of fused-ring (bicyclic) bond motifs is 1. The van der Waals surface area contributed by atoms with E-state index in [1.54, 1.807) is 29.4 Å². The van der Waals surface area contributed by atoms with Crippen molar-refractivity contribution in [2.24, 2.45) is 0 Å². The molecule has 0 bridgehead atoms. The highest BCUT2D eigenvalue weighted by atomic mass is 19.1. The molecule has 0 saturated carbocycles. The van der Waals surface area contributed by atoms with Crippen LogP contribution in [0.15, 0.2) is 48.9 Å². The Labute approximate surface area is 174 Å². The number of amides is 1. The topological polar surface area (TPSA) is 61.5 Å². The summed E-state index contributed by atoms with van der Waals surface area (Å²) in [6.07, 6.45) is 7.79. The Kier molecular flexibility index (Phi) is 4.90. The van der Waals surface area contributed by atoms with Crippen molar-refractivity contribution in [2.45, 2.75) is 31.4 Å². The molecule has 0 atom stereocenters. The highest BCUT2D eigenvalue weighted by Crippen LogP contribution is 2.34. The summed E-state index contributed by atoms with van der Waals surface area (Å²) in [4.78, 5) is 23.9. The maximum atomic E-state index is 13.6. The highest BCUT2D eigenvalue weighted by molar-refractivity contribution is 5.83. The number of likely N-dealkylation sites (tertiary alicyclic amines) is 1. The maximum absolute atomic E-state index is 13.6. The Morgan fingerprint density at radius 1 is 1.17 bits per heavy atom. The number of rotatable bonds is 5. The smallest absolute Gasteiger partial charge is 0.410 e. The number of hydrogen-bond donors (Lipinski definition) is 1. The number of nitrogens with one attached hydrogen (secondary N) is 1. The number of aromatic nitrogens is 2. The molecule has 2 aromatic heterocycles. The van der Waals surface area contributed by atoms with Gasteiger partial charge in [-0.3, -0.25) is 9.88 Å². The molecule has 30 heavy (non-hydrogen) atoms. The van der Waals surface area contributed by atoms with Crippen LogP contribution in [0.4, 0.5) is 9.18 Å². The average molecular weight is 408 g/mol. The van der Waals surface area contributed by atoms with Gasteiger partial charge in [-0.15, -0.1) is 0 Å². The monoisotopic (exact) mass is 408 g/mol. The third-order valence-electron chi connectivity index (χ3n) is 6.36. The van der Waals surface area contributed by atoms with Crippen LogP contribution in [-0.2, 0) is 17.7 Å². The number of carbonyl (C=O) groups is 1. The lowest BCUT2D eigenvalue weighted by molar-refractivity contribution is 0.00102. The summed E-state index contributed by atoms with van der Waals surface area (Å²) in [5, 5.41) is 0.958. The maximum Gasteiger partial charge on any atom is 0.410 e. The van der Waals surface area contributed by atoms with Crippen LogP contribution in [0.5, 0.6) is 0 Å². The number of halogens is 1. The van der Waals surface area contributed by atoms with E-state index in [2.05, 4.69) is 14.9 Å². The number of hydrogen-bond acceptors (Lipinski definition) is 4. The van der Waals surface area contributed by atoms with Gasteiger partial charge in [0.15, 0.2) is 0 Å². The van der Waals surface area contributed by atoms with Gasteiger partial charge in [0.25, 0.3) is 0 Å². The van der Waals surface area contributed by atoms with Crippen LogP contribution >= 0.6 is 0 Å². The van der Waals surface area contributed by atoms with E-state index >= 15 is 0 Å². The minimum Gasteiger partial charge on any atom is -0.441 e. The lowest BCUT2D eigenvalue weighted by Crippen LogP contribution is -2.47. The van der Waals surface area contributed by atoms with Crippen molar-refractivity contribution in [1.29, 1.82) is 0 Å². The summed E-state index contributed by atoms with van der Waals surface area (Å²) in [5.41, 5.74) is 2.80. The van der Waals surface area contributed by atoms with Crippen LogP contribution in [-0.4, -0.2) is 57.6 Å². The first kappa shape index (κ1) is 19.1. The fraction of sp³-hybridized carbons (Fsp3) is 0.391. The molecule has 3 aromatic rings.